The largest absolute Gasteiger partial charge is 0.493 e. The molecule has 2 rings (SSSR count). The fraction of sp³-hybridized carbons (Fsp3) is 0.500. The van der Waals surface area contributed by atoms with Crippen molar-refractivity contribution in [2.75, 3.05) is 27.3 Å². The van der Waals surface area contributed by atoms with Crippen molar-refractivity contribution >= 4 is 16.0 Å². The zero-order valence-corrected chi connectivity index (χ0v) is 13.4. The van der Waals surface area contributed by atoms with Gasteiger partial charge in [-0.15, -0.1) is 0 Å². The molecule has 0 aromatic heterocycles. The van der Waals surface area contributed by atoms with Gasteiger partial charge in [-0.2, -0.15) is 4.31 Å². The van der Waals surface area contributed by atoms with Crippen molar-refractivity contribution < 1.29 is 27.8 Å². The second-order valence-electron chi connectivity index (χ2n) is 4.98. The van der Waals surface area contributed by atoms with Crippen LogP contribution in [0.25, 0.3) is 0 Å². The van der Waals surface area contributed by atoms with Gasteiger partial charge >= 0.3 is 5.97 Å². The van der Waals surface area contributed by atoms with Crippen LogP contribution in [0.15, 0.2) is 17.0 Å². The van der Waals surface area contributed by atoms with Crippen LogP contribution in [0.5, 0.6) is 11.5 Å². The fourth-order valence-corrected chi connectivity index (χ4v) is 4.20. The van der Waals surface area contributed by atoms with Crippen LogP contribution in [0.4, 0.5) is 0 Å². The average molecular weight is 329 g/mol. The molecule has 122 valence electrons. The normalized spacial score (nSPS) is 16.3. The summed E-state index contributed by atoms with van der Waals surface area (Å²) in [7, 11) is -1.17. The van der Waals surface area contributed by atoms with Gasteiger partial charge in [0.15, 0.2) is 11.5 Å². The van der Waals surface area contributed by atoms with Gasteiger partial charge in [0.2, 0.25) is 10.0 Å². The molecular formula is C14H19NO6S. The van der Waals surface area contributed by atoms with Gasteiger partial charge in [-0.3, -0.25) is 0 Å². The lowest BCUT2D eigenvalue weighted by molar-refractivity contribution is 0.0696. The number of nitrogens with zero attached hydrogens (tertiary/aromatic N) is 1. The Kier molecular flexibility index (Phi) is 4.92. The molecule has 1 aliphatic rings. The minimum absolute atomic E-state index is 0.0260. The number of aromatic carboxylic acids is 1. The fourth-order valence-electron chi connectivity index (χ4n) is 2.49. The maximum absolute atomic E-state index is 12.8. The first kappa shape index (κ1) is 16.6. The molecule has 0 aliphatic carbocycles. The van der Waals surface area contributed by atoms with Gasteiger partial charge in [0.1, 0.15) is 4.90 Å². The van der Waals surface area contributed by atoms with Crippen LogP contribution in [-0.4, -0.2) is 51.1 Å². The lowest BCUT2D eigenvalue weighted by Gasteiger charge is -2.27. The number of benzene rings is 1. The highest BCUT2D eigenvalue weighted by atomic mass is 32.2. The van der Waals surface area contributed by atoms with Gasteiger partial charge in [0, 0.05) is 13.1 Å². The first-order chi connectivity index (χ1) is 10.4. The van der Waals surface area contributed by atoms with Crippen molar-refractivity contribution in [3.63, 3.8) is 0 Å². The number of hydrogen-bond donors (Lipinski definition) is 1. The topological polar surface area (TPSA) is 93.1 Å². The lowest BCUT2D eigenvalue weighted by atomic mass is 10.2. The van der Waals surface area contributed by atoms with Crippen LogP contribution < -0.4 is 9.47 Å². The minimum Gasteiger partial charge on any atom is -0.493 e. The van der Waals surface area contributed by atoms with E-state index in [2.05, 4.69) is 0 Å². The van der Waals surface area contributed by atoms with E-state index in [1.54, 1.807) is 0 Å². The number of hydrogen-bond acceptors (Lipinski definition) is 5. The summed E-state index contributed by atoms with van der Waals surface area (Å²) in [6, 6.07) is 2.37. The predicted octanol–water partition coefficient (Wildman–Crippen LogP) is 1.58. The van der Waals surface area contributed by atoms with E-state index in [-0.39, 0.29) is 22.0 Å². The highest BCUT2D eigenvalue weighted by Gasteiger charge is 2.31. The Balaban J connectivity index is 2.60. The van der Waals surface area contributed by atoms with Crippen LogP contribution in [0, 0.1) is 0 Å². The molecule has 0 radical (unpaired) electrons. The van der Waals surface area contributed by atoms with Gasteiger partial charge in [-0.05, 0) is 25.0 Å². The number of carbonyl (C=O) groups is 1. The third-order valence-corrected chi connectivity index (χ3v) is 5.53. The summed E-state index contributed by atoms with van der Waals surface area (Å²) >= 11 is 0. The summed E-state index contributed by atoms with van der Waals surface area (Å²) in [5, 5.41) is 9.16. The van der Waals surface area contributed by atoms with Crippen molar-refractivity contribution in [1.29, 1.82) is 0 Å². The standard InChI is InChI=1S/C14H19NO6S/c1-20-11-8-10(14(16)17)9-12(13(11)21-2)22(18,19)15-6-4-3-5-7-15/h8-9H,3-7H2,1-2H3,(H,16,17). The molecule has 1 N–H and O–H groups in total. The van der Waals surface area contributed by atoms with E-state index < -0.39 is 16.0 Å². The maximum atomic E-state index is 12.8. The molecule has 1 fully saturated rings. The summed E-state index contributed by atoms with van der Waals surface area (Å²) in [6.45, 7) is 0.843. The first-order valence-corrected chi connectivity index (χ1v) is 8.35. The number of sulfonamides is 1. The van der Waals surface area contributed by atoms with E-state index in [9.17, 15) is 13.2 Å². The van der Waals surface area contributed by atoms with Crippen LogP contribution in [0.1, 0.15) is 29.6 Å². The molecule has 1 saturated heterocycles. The number of methoxy groups -OCH3 is 2. The highest BCUT2D eigenvalue weighted by molar-refractivity contribution is 7.89. The second kappa shape index (κ2) is 6.53. The van der Waals surface area contributed by atoms with Gasteiger partial charge in [0.05, 0.1) is 19.8 Å². The Hall–Kier alpha value is -1.80. The summed E-state index contributed by atoms with van der Waals surface area (Å²) in [6.07, 6.45) is 2.57. The third kappa shape index (κ3) is 3.02. The molecule has 0 unspecified atom stereocenters. The number of carboxylic acid groups (broad SMARTS) is 1. The van der Waals surface area contributed by atoms with E-state index in [1.807, 2.05) is 0 Å². The van der Waals surface area contributed by atoms with Gasteiger partial charge in [-0.25, -0.2) is 13.2 Å². The molecule has 7 nitrogen and oxygen atoms in total. The molecule has 1 aromatic rings. The van der Waals surface area contributed by atoms with Crippen molar-refractivity contribution in [2.45, 2.75) is 24.2 Å². The number of rotatable bonds is 5. The number of ether oxygens (including phenoxy) is 2. The number of carboxylic acids is 1. The maximum Gasteiger partial charge on any atom is 0.335 e. The average Bonchev–Trinajstić information content (AvgIpc) is 2.54. The Morgan fingerprint density at radius 1 is 1.14 bits per heavy atom. The molecule has 1 heterocycles. The smallest absolute Gasteiger partial charge is 0.335 e. The highest BCUT2D eigenvalue weighted by Crippen LogP contribution is 2.37. The molecule has 22 heavy (non-hydrogen) atoms. The molecule has 8 heteroatoms. The first-order valence-electron chi connectivity index (χ1n) is 6.91. The molecule has 0 bridgehead atoms. The second-order valence-corrected chi connectivity index (χ2v) is 6.89. The minimum atomic E-state index is -3.83. The molecule has 0 spiro atoms. The number of piperidine rings is 1. The monoisotopic (exact) mass is 329 g/mol. The molecule has 0 amide bonds. The van der Waals surface area contributed by atoms with E-state index >= 15 is 0 Å². The summed E-state index contributed by atoms with van der Waals surface area (Å²) < 4.78 is 37.2. The third-order valence-electron chi connectivity index (χ3n) is 3.62. The van der Waals surface area contributed by atoms with Gasteiger partial charge in [-0.1, -0.05) is 6.42 Å². The predicted molar refractivity (Wildman–Crippen MR) is 79.1 cm³/mol. The Morgan fingerprint density at radius 2 is 1.77 bits per heavy atom. The SMILES string of the molecule is COc1cc(C(=O)O)cc(S(=O)(=O)N2CCCCC2)c1OC. The molecular weight excluding hydrogens is 310 g/mol. The van der Waals surface area contributed by atoms with E-state index in [4.69, 9.17) is 14.6 Å². The summed E-state index contributed by atoms with van der Waals surface area (Å²) in [5.41, 5.74) is -0.159. The molecule has 1 aliphatic heterocycles. The zero-order chi connectivity index (χ0) is 16.3. The Bertz CT molecular complexity index is 664. The van der Waals surface area contributed by atoms with Gasteiger partial charge < -0.3 is 14.6 Å². The van der Waals surface area contributed by atoms with E-state index in [1.165, 1.54) is 24.6 Å². The zero-order valence-electron chi connectivity index (χ0n) is 12.5. The van der Waals surface area contributed by atoms with E-state index in [0.29, 0.717) is 13.1 Å². The van der Waals surface area contributed by atoms with Crippen molar-refractivity contribution in [3.05, 3.63) is 17.7 Å². The molecule has 1 aromatic carbocycles. The van der Waals surface area contributed by atoms with Crippen LogP contribution >= 0.6 is 0 Å². The van der Waals surface area contributed by atoms with E-state index in [0.717, 1.165) is 25.3 Å². The Morgan fingerprint density at radius 3 is 2.27 bits per heavy atom. The quantitative estimate of drug-likeness (QED) is 0.881. The lowest BCUT2D eigenvalue weighted by Crippen LogP contribution is -2.35. The van der Waals surface area contributed by atoms with Crippen LogP contribution in [-0.2, 0) is 10.0 Å². The summed E-state index contributed by atoms with van der Waals surface area (Å²) in [5.74, 6) is -1.12. The molecule has 0 saturated carbocycles. The summed E-state index contributed by atoms with van der Waals surface area (Å²) in [4.78, 5) is 11.0. The van der Waals surface area contributed by atoms with Gasteiger partial charge in [0.25, 0.3) is 0 Å². The van der Waals surface area contributed by atoms with Crippen LogP contribution in [0.2, 0.25) is 0 Å². The Labute approximate surface area is 129 Å². The van der Waals surface area contributed by atoms with Crippen molar-refractivity contribution in [2.24, 2.45) is 0 Å². The van der Waals surface area contributed by atoms with Crippen molar-refractivity contribution in [1.82, 2.24) is 4.31 Å². The van der Waals surface area contributed by atoms with Crippen LogP contribution in [0.3, 0.4) is 0 Å². The molecule has 0 atom stereocenters. The van der Waals surface area contributed by atoms with Crippen molar-refractivity contribution in [3.8, 4) is 11.5 Å².